The monoisotopic (exact) mass is 561 g/mol. The molecule has 0 radical (unpaired) electrons. The van der Waals surface area contributed by atoms with Gasteiger partial charge in [0.2, 0.25) is 0 Å². The highest BCUT2D eigenvalue weighted by molar-refractivity contribution is 5.69. The maximum absolute atomic E-state index is 12.7. The summed E-state index contributed by atoms with van der Waals surface area (Å²) in [5.41, 5.74) is 0.212. The Morgan fingerprint density at radius 2 is 1.40 bits per heavy atom. The van der Waals surface area contributed by atoms with E-state index in [1.165, 1.54) is 99.0 Å². The molecule has 2 aromatic rings. The second-order valence-electron chi connectivity index (χ2n) is 12.1. The van der Waals surface area contributed by atoms with Crippen LogP contribution in [0.15, 0.2) is 15.9 Å². The van der Waals surface area contributed by atoms with Crippen molar-refractivity contribution in [3.05, 3.63) is 27.2 Å². The summed E-state index contributed by atoms with van der Waals surface area (Å²) in [6.45, 7) is 6.58. The van der Waals surface area contributed by atoms with Gasteiger partial charge in [0.15, 0.2) is 11.2 Å². The van der Waals surface area contributed by atoms with Crippen LogP contribution in [0, 0.1) is 5.92 Å². The van der Waals surface area contributed by atoms with Crippen molar-refractivity contribution < 1.29 is 5.11 Å². The second kappa shape index (κ2) is 20.0. The van der Waals surface area contributed by atoms with Gasteiger partial charge in [0.25, 0.3) is 5.56 Å². The van der Waals surface area contributed by atoms with Gasteiger partial charge in [0.05, 0.1) is 12.4 Å². The van der Waals surface area contributed by atoms with Gasteiger partial charge in [-0.2, -0.15) is 0 Å². The Balaban J connectivity index is 1.43. The van der Waals surface area contributed by atoms with Gasteiger partial charge >= 0.3 is 5.69 Å². The number of nitrogens with zero attached hydrogens (tertiary/aromatic N) is 4. The second-order valence-corrected chi connectivity index (χ2v) is 12.1. The highest BCUT2D eigenvalue weighted by Crippen LogP contribution is 2.18. The van der Waals surface area contributed by atoms with E-state index in [0.29, 0.717) is 37.1 Å². The van der Waals surface area contributed by atoms with Crippen LogP contribution >= 0.6 is 0 Å². The lowest BCUT2D eigenvalue weighted by Crippen LogP contribution is -2.39. The van der Waals surface area contributed by atoms with Crippen molar-refractivity contribution in [3.8, 4) is 0 Å². The van der Waals surface area contributed by atoms with E-state index in [1.54, 1.807) is 25.0 Å². The third kappa shape index (κ3) is 12.3. The van der Waals surface area contributed by atoms with Crippen molar-refractivity contribution in [2.75, 3.05) is 13.1 Å². The molecule has 0 bridgehead atoms. The molecule has 0 aliphatic heterocycles. The van der Waals surface area contributed by atoms with Crippen LogP contribution in [0.4, 0.5) is 0 Å². The zero-order valence-electron chi connectivity index (χ0n) is 26.1. The number of imidazole rings is 1. The topological polar surface area (TPSA) is 94.1 Å². The Labute approximate surface area is 242 Å². The summed E-state index contributed by atoms with van der Waals surface area (Å²) in [5.74, 6) is 0.839. The molecule has 0 fully saturated rings. The quantitative estimate of drug-likeness (QED) is 0.152. The smallest absolute Gasteiger partial charge is 0.332 e. The van der Waals surface area contributed by atoms with Crippen molar-refractivity contribution in [3.63, 3.8) is 0 Å². The minimum absolute atomic E-state index is 0.298. The van der Waals surface area contributed by atoms with Crippen molar-refractivity contribution in [1.82, 2.24) is 24.0 Å². The first-order chi connectivity index (χ1) is 19.4. The summed E-state index contributed by atoms with van der Waals surface area (Å²) < 4.78 is 4.37. The van der Waals surface area contributed by atoms with Crippen LogP contribution in [0.5, 0.6) is 0 Å². The summed E-state index contributed by atoms with van der Waals surface area (Å²) in [4.78, 5) is 29.5. The van der Waals surface area contributed by atoms with Crippen molar-refractivity contribution >= 4 is 11.2 Å². The van der Waals surface area contributed by atoms with Crippen LogP contribution in [0.3, 0.4) is 0 Å². The Morgan fingerprint density at radius 3 is 2.05 bits per heavy atom. The zero-order valence-corrected chi connectivity index (χ0v) is 26.1. The maximum atomic E-state index is 12.7. The molecule has 0 saturated carbocycles. The fourth-order valence-electron chi connectivity index (χ4n) is 5.66. The van der Waals surface area contributed by atoms with Crippen LogP contribution in [-0.4, -0.2) is 43.0 Å². The van der Waals surface area contributed by atoms with Gasteiger partial charge in [0, 0.05) is 27.2 Å². The molecule has 40 heavy (non-hydrogen) atoms. The van der Waals surface area contributed by atoms with Crippen LogP contribution in [0.1, 0.15) is 129 Å². The van der Waals surface area contributed by atoms with Gasteiger partial charge in [0.1, 0.15) is 0 Å². The van der Waals surface area contributed by atoms with Crippen LogP contribution in [0.25, 0.3) is 11.2 Å². The average Bonchev–Trinajstić information content (AvgIpc) is 3.33. The predicted molar refractivity (Wildman–Crippen MR) is 167 cm³/mol. The zero-order chi connectivity index (χ0) is 29.2. The highest BCUT2D eigenvalue weighted by atomic mass is 16.3. The number of nitrogens with one attached hydrogen (secondary N) is 1. The number of fused-ring (bicyclic) bond motifs is 1. The van der Waals surface area contributed by atoms with Gasteiger partial charge in [-0.05, 0) is 38.1 Å². The third-order valence-electron chi connectivity index (χ3n) is 8.35. The Morgan fingerprint density at radius 1 is 0.825 bits per heavy atom. The van der Waals surface area contributed by atoms with Crippen molar-refractivity contribution in [1.29, 1.82) is 0 Å². The van der Waals surface area contributed by atoms with Crippen molar-refractivity contribution in [2.45, 2.75) is 142 Å². The minimum Gasteiger partial charge on any atom is -0.392 e. The van der Waals surface area contributed by atoms with Crippen molar-refractivity contribution in [2.24, 2.45) is 20.0 Å². The lowest BCUT2D eigenvalue weighted by molar-refractivity contribution is 0.157. The van der Waals surface area contributed by atoms with Gasteiger partial charge in [-0.3, -0.25) is 13.9 Å². The molecule has 8 nitrogen and oxygen atoms in total. The fourth-order valence-corrected chi connectivity index (χ4v) is 5.66. The molecule has 2 rings (SSSR count). The molecule has 230 valence electrons. The number of hydrogen-bond donors (Lipinski definition) is 2. The van der Waals surface area contributed by atoms with Crippen LogP contribution in [-0.2, 0) is 20.6 Å². The SMILES string of the molecule is CCCCCCCCCCCCC(C)CCCCCNCC(O)CCCCn1c(=O)c2c(ncn2C)n(C)c1=O. The first-order valence-electron chi connectivity index (χ1n) is 16.4. The molecule has 2 unspecified atom stereocenters. The highest BCUT2D eigenvalue weighted by Gasteiger charge is 2.14. The summed E-state index contributed by atoms with van der Waals surface area (Å²) in [7, 11) is 3.40. The number of aliphatic hydroxyl groups is 1. The molecule has 0 aliphatic rings. The van der Waals surface area contributed by atoms with Gasteiger partial charge in [-0.25, -0.2) is 9.78 Å². The molecule has 2 N–H and O–H groups in total. The Kier molecular flexibility index (Phi) is 17.2. The molecular formula is C32H59N5O3. The van der Waals surface area contributed by atoms with E-state index in [4.69, 9.17) is 0 Å². The summed E-state index contributed by atoms with van der Waals surface area (Å²) in [5, 5.41) is 13.7. The number of aliphatic hydroxyl groups excluding tert-OH is 1. The van der Waals surface area contributed by atoms with E-state index in [1.807, 2.05) is 0 Å². The summed E-state index contributed by atoms with van der Waals surface area (Å²) >= 11 is 0. The number of aryl methyl sites for hydroxylation is 2. The molecule has 0 aromatic carbocycles. The molecule has 0 amide bonds. The number of hydrogen-bond acceptors (Lipinski definition) is 5. The van der Waals surface area contributed by atoms with E-state index < -0.39 is 6.10 Å². The first kappa shape index (κ1) is 34.3. The molecule has 8 heteroatoms. The molecule has 2 atom stereocenters. The van der Waals surface area contributed by atoms with E-state index in [9.17, 15) is 14.7 Å². The average molecular weight is 562 g/mol. The number of unbranched alkanes of at least 4 members (excludes halogenated alkanes) is 12. The van der Waals surface area contributed by atoms with E-state index >= 15 is 0 Å². The van der Waals surface area contributed by atoms with E-state index in [2.05, 4.69) is 24.1 Å². The molecule has 2 heterocycles. The number of rotatable bonds is 24. The molecule has 0 saturated heterocycles. The molecule has 0 aliphatic carbocycles. The third-order valence-corrected chi connectivity index (χ3v) is 8.35. The van der Waals surface area contributed by atoms with Gasteiger partial charge in [-0.15, -0.1) is 0 Å². The lowest BCUT2D eigenvalue weighted by Gasteiger charge is -2.13. The van der Waals surface area contributed by atoms with Crippen LogP contribution in [0.2, 0.25) is 0 Å². The Hall–Kier alpha value is -1.93. The largest absolute Gasteiger partial charge is 0.392 e. The van der Waals surface area contributed by atoms with Gasteiger partial charge < -0.3 is 15.0 Å². The summed E-state index contributed by atoms with van der Waals surface area (Å²) in [6, 6.07) is 0. The predicted octanol–water partition coefficient (Wildman–Crippen LogP) is 6.06. The lowest BCUT2D eigenvalue weighted by atomic mass is 9.96. The molecular weight excluding hydrogens is 502 g/mol. The fraction of sp³-hybridized carbons (Fsp3) is 0.844. The number of aromatic nitrogens is 4. The first-order valence-corrected chi connectivity index (χ1v) is 16.4. The summed E-state index contributed by atoms with van der Waals surface area (Å²) in [6.07, 6.45) is 23.8. The van der Waals surface area contributed by atoms with Gasteiger partial charge in [-0.1, -0.05) is 104 Å². The normalized spacial score (nSPS) is 13.3. The Bertz CT molecular complexity index is 1060. The maximum Gasteiger partial charge on any atom is 0.332 e. The minimum atomic E-state index is -0.403. The van der Waals surface area contributed by atoms with Crippen LogP contribution < -0.4 is 16.6 Å². The van der Waals surface area contributed by atoms with E-state index in [0.717, 1.165) is 25.3 Å². The van der Waals surface area contributed by atoms with E-state index in [-0.39, 0.29) is 11.2 Å². The standard InChI is InChI=1S/C32H59N5O3/c1-5-6-7-8-9-10-11-12-13-15-20-27(2)21-16-14-18-23-33-25-28(38)22-17-19-24-37-31(39)29-30(34-26-35(29)3)36(4)32(37)40/h26-28,33,38H,5-25H2,1-4H3. The molecule has 0 spiro atoms. The molecule has 2 aromatic heterocycles.